The normalized spacial score (nSPS) is 15.5. The molecule has 0 amide bonds. The Hall–Kier alpha value is -1.63. The second kappa shape index (κ2) is 4.09. The molecular formula is C9H9F3N2O2. The number of hydrogen-bond donors (Lipinski definition) is 2. The molecule has 0 spiro atoms. The zero-order chi connectivity index (χ0) is 12.4. The number of carboxylic acid groups (broad SMARTS) is 1. The smallest absolute Gasteiger partial charge is 0.417 e. The molecule has 0 bridgehead atoms. The first-order valence-electron chi connectivity index (χ1n) is 4.25. The first kappa shape index (κ1) is 12.4. The van der Waals surface area contributed by atoms with E-state index in [-0.39, 0.29) is 5.56 Å². The molecule has 0 aliphatic rings. The molecule has 4 nitrogen and oxygen atoms in total. The van der Waals surface area contributed by atoms with E-state index in [9.17, 15) is 18.0 Å². The van der Waals surface area contributed by atoms with Crippen LogP contribution in [0.5, 0.6) is 0 Å². The number of rotatable bonds is 3. The lowest BCUT2D eigenvalue weighted by Crippen LogP contribution is -2.61. The zero-order valence-corrected chi connectivity index (χ0v) is 8.03. The summed E-state index contributed by atoms with van der Waals surface area (Å²) < 4.78 is 37.5. The number of carboxylic acids is 1. The minimum atomic E-state index is -5.02. The molecule has 7 heteroatoms. The van der Waals surface area contributed by atoms with Crippen molar-refractivity contribution in [3.05, 3.63) is 30.1 Å². The second-order valence-electron chi connectivity index (χ2n) is 3.31. The summed E-state index contributed by atoms with van der Waals surface area (Å²) in [7, 11) is 0. The summed E-state index contributed by atoms with van der Waals surface area (Å²) in [5.41, 5.74) is 1.73. The summed E-state index contributed by atoms with van der Waals surface area (Å²) in [5, 5.41) is 8.56. The Balaban J connectivity index is 3.03. The monoisotopic (exact) mass is 234 g/mol. The van der Waals surface area contributed by atoms with Crippen molar-refractivity contribution in [3.63, 3.8) is 0 Å². The zero-order valence-electron chi connectivity index (χ0n) is 8.03. The average molecular weight is 234 g/mol. The minimum absolute atomic E-state index is 0.115. The fourth-order valence-corrected chi connectivity index (χ4v) is 1.12. The molecule has 1 heterocycles. The van der Waals surface area contributed by atoms with Gasteiger partial charge in [-0.15, -0.1) is 0 Å². The first-order valence-corrected chi connectivity index (χ1v) is 4.25. The van der Waals surface area contributed by atoms with Gasteiger partial charge in [0.05, 0.1) is 0 Å². The molecule has 0 fully saturated rings. The van der Waals surface area contributed by atoms with Crippen molar-refractivity contribution in [2.24, 2.45) is 5.73 Å². The van der Waals surface area contributed by atoms with Gasteiger partial charge in [0.25, 0.3) is 0 Å². The molecule has 3 N–H and O–H groups in total. The van der Waals surface area contributed by atoms with Crippen LogP contribution in [0, 0.1) is 0 Å². The Labute approximate surface area is 88.9 Å². The van der Waals surface area contributed by atoms with Gasteiger partial charge < -0.3 is 10.8 Å². The van der Waals surface area contributed by atoms with Crippen LogP contribution in [0.3, 0.4) is 0 Å². The highest BCUT2D eigenvalue weighted by Gasteiger charge is 2.58. The highest BCUT2D eigenvalue weighted by atomic mass is 19.4. The number of halogens is 3. The van der Waals surface area contributed by atoms with E-state index in [2.05, 4.69) is 4.98 Å². The van der Waals surface area contributed by atoms with Crippen molar-refractivity contribution in [1.29, 1.82) is 0 Å². The lowest BCUT2D eigenvalue weighted by Gasteiger charge is -2.27. The number of hydrogen-bond acceptors (Lipinski definition) is 3. The number of pyridine rings is 1. The Morgan fingerprint density at radius 2 is 2.12 bits per heavy atom. The van der Waals surface area contributed by atoms with Crippen LogP contribution in [0.1, 0.15) is 5.56 Å². The third-order valence-electron chi connectivity index (χ3n) is 2.09. The van der Waals surface area contributed by atoms with Crippen molar-refractivity contribution in [1.82, 2.24) is 4.98 Å². The second-order valence-corrected chi connectivity index (χ2v) is 3.31. The molecule has 0 radical (unpaired) electrons. The summed E-state index contributed by atoms with van der Waals surface area (Å²) in [6.07, 6.45) is -3.35. The fourth-order valence-electron chi connectivity index (χ4n) is 1.12. The van der Waals surface area contributed by atoms with Gasteiger partial charge in [-0.1, -0.05) is 6.07 Å². The summed E-state index contributed by atoms with van der Waals surface area (Å²) in [6, 6.07) is 2.75. The number of carbonyl (C=O) groups is 1. The van der Waals surface area contributed by atoms with E-state index in [0.29, 0.717) is 0 Å². The molecule has 0 saturated carbocycles. The van der Waals surface area contributed by atoms with Crippen LogP contribution in [0.2, 0.25) is 0 Å². The van der Waals surface area contributed by atoms with Crippen LogP contribution in [0.4, 0.5) is 13.2 Å². The topological polar surface area (TPSA) is 76.2 Å². The number of aromatic nitrogens is 1. The van der Waals surface area contributed by atoms with Gasteiger partial charge in [0.2, 0.25) is 5.54 Å². The maximum atomic E-state index is 12.5. The van der Waals surface area contributed by atoms with Gasteiger partial charge in [0.15, 0.2) is 0 Å². The molecule has 0 aromatic carbocycles. The van der Waals surface area contributed by atoms with Crippen molar-refractivity contribution in [2.75, 3.05) is 0 Å². The van der Waals surface area contributed by atoms with Crippen LogP contribution in [-0.4, -0.2) is 27.8 Å². The summed E-state index contributed by atoms with van der Waals surface area (Å²) >= 11 is 0. The average Bonchev–Trinajstić information content (AvgIpc) is 2.17. The Kier molecular flexibility index (Phi) is 3.18. The van der Waals surface area contributed by atoms with Crippen molar-refractivity contribution in [2.45, 2.75) is 18.1 Å². The molecule has 1 rings (SSSR count). The van der Waals surface area contributed by atoms with E-state index in [4.69, 9.17) is 10.8 Å². The molecule has 0 aliphatic carbocycles. The molecular weight excluding hydrogens is 225 g/mol. The van der Waals surface area contributed by atoms with Gasteiger partial charge in [-0.3, -0.25) is 4.98 Å². The molecule has 16 heavy (non-hydrogen) atoms. The van der Waals surface area contributed by atoms with E-state index >= 15 is 0 Å². The molecule has 1 unspecified atom stereocenters. The Bertz CT molecular complexity index is 380. The van der Waals surface area contributed by atoms with E-state index < -0.39 is 24.1 Å². The fraction of sp³-hybridized carbons (Fsp3) is 0.333. The predicted molar refractivity (Wildman–Crippen MR) is 48.6 cm³/mol. The number of aliphatic carboxylic acids is 1. The van der Waals surface area contributed by atoms with Crippen LogP contribution in [0.15, 0.2) is 24.5 Å². The highest BCUT2D eigenvalue weighted by molar-refractivity contribution is 5.80. The van der Waals surface area contributed by atoms with Crippen LogP contribution >= 0.6 is 0 Å². The van der Waals surface area contributed by atoms with E-state index in [1.807, 2.05) is 0 Å². The number of nitrogens with two attached hydrogens (primary N) is 1. The van der Waals surface area contributed by atoms with Crippen LogP contribution in [-0.2, 0) is 11.2 Å². The maximum absolute atomic E-state index is 12.5. The molecule has 88 valence electrons. The van der Waals surface area contributed by atoms with E-state index in [1.165, 1.54) is 18.3 Å². The lowest BCUT2D eigenvalue weighted by molar-refractivity contribution is -0.201. The highest BCUT2D eigenvalue weighted by Crippen LogP contribution is 2.31. The summed E-state index contributed by atoms with van der Waals surface area (Å²) in [6.45, 7) is 0. The number of nitrogens with zero attached hydrogens (tertiary/aromatic N) is 1. The Morgan fingerprint density at radius 3 is 2.50 bits per heavy atom. The molecule has 0 saturated heterocycles. The molecule has 1 aromatic rings. The van der Waals surface area contributed by atoms with Gasteiger partial charge in [-0.25, -0.2) is 4.79 Å². The third-order valence-corrected chi connectivity index (χ3v) is 2.09. The largest absolute Gasteiger partial charge is 0.480 e. The summed E-state index contributed by atoms with van der Waals surface area (Å²) in [4.78, 5) is 14.2. The van der Waals surface area contributed by atoms with Crippen LogP contribution < -0.4 is 5.73 Å². The SMILES string of the molecule is NC(Cc1cccnc1)(C(=O)O)C(F)(F)F. The van der Waals surface area contributed by atoms with Crippen LogP contribution in [0.25, 0.3) is 0 Å². The quantitative estimate of drug-likeness (QED) is 0.816. The van der Waals surface area contributed by atoms with Gasteiger partial charge in [-0.2, -0.15) is 13.2 Å². The Morgan fingerprint density at radius 1 is 1.50 bits per heavy atom. The van der Waals surface area contributed by atoms with E-state index in [0.717, 1.165) is 6.20 Å². The van der Waals surface area contributed by atoms with Crippen molar-refractivity contribution >= 4 is 5.97 Å². The van der Waals surface area contributed by atoms with Gasteiger partial charge in [0.1, 0.15) is 0 Å². The lowest BCUT2D eigenvalue weighted by atomic mass is 9.92. The van der Waals surface area contributed by atoms with Crippen molar-refractivity contribution < 1.29 is 23.1 Å². The maximum Gasteiger partial charge on any atom is 0.417 e. The minimum Gasteiger partial charge on any atom is -0.480 e. The molecule has 0 aliphatic heterocycles. The van der Waals surface area contributed by atoms with Gasteiger partial charge >= 0.3 is 12.1 Å². The van der Waals surface area contributed by atoms with E-state index in [1.54, 1.807) is 0 Å². The predicted octanol–water partition coefficient (Wildman–Crippen LogP) is 0.969. The van der Waals surface area contributed by atoms with Gasteiger partial charge in [-0.05, 0) is 11.6 Å². The summed E-state index contributed by atoms with van der Waals surface area (Å²) in [5.74, 6) is -2.11. The molecule has 1 atom stereocenters. The first-order chi connectivity index (χ1) is 7.27. The standard InChI is InChI=1S/C9H9F3N2O2/c10-9(11,12)8(13,7(15)16)4-6-2-1-3-14-5-6/h1-3,5H,4,13H2,(H,15,16). The van der Waals surface area contributed by atoms with Crippen molar-refractivity contribution in [3.8, 4) is 0 Å². The molecule has 1 aromatic heterocycles. The van der Waals surface area contributed by atoms with Gasteiger partial charge in [0, 0.05) is 18.8 Å². The number of alkyl halides is 3. The third kappa shape index (κ3) is 2.30.